The van der Waals surface area contributed by atoms with Gasteiger partial charge in [0.15, 0.2) is 5.96 Å². The predicted molar refractivity (Wildman–Crippen MR) is 155 cm³/mol. The van der Waals surface area contributed by atoms with Crippen LogP contribution in [0.3, 0.4) is 0 Å². The number of fused-ring (bicyclic) bond motifs is 1. The van der Waals surface area contributed by atoms with E-state index in [0.717, 1.165) is 64.3 Å². The first-order valence-electron chi connectivity index (χ1n) is 13.3. The van der Waals surface area contributed by atoms with Crippen LogP contribution in [0.5, 0.6) is 17.2 Å². The number of carbonyl (C=O) groups is 1. The first kappa shape index (κ1) is 27.8. The summed E-state index contributed by atoms with van der Waals surface area (Å²) in [5, 5.41) is 13.3. The molecule has 0 fully saturated rings. The van der Waals surface area contributed by atoms with E-state index < -0.39 is 0 Å². The lowest BCUT2D eigenvalue weighted by Gasteiger charge is -2.38. The summed E-state index contributed by atoms with van der Waals surface area (Å²) in [6.07, 6.45) is 3.43. The summed E-state index contributed by atoms with van der Waals surface area (Å²) in [5.41, 5.74) is 16.8. The van der Waals surface area contributed by atoms with Crippen molar-refractivity contribution < 1.29 is 19.4 Å². The number of aliphatic imine (C=N–C) groups is 1. The second kappa shape index (κ2) is 11.7. The van der Waals surface area contributed by atoms with Gasteiger partial charge in [-0.25, -0.2) is 4.99 Å². The smallest absolute Gasteiger partial charge is 0.224 e. The summed E-state index contributed by atoms with van der Waals surface area (Å²) < 4.78 is 12.5. The third-order valence-electron chi connectivity index (χ3n) is 7.47. The number of guanidine groups is 1. The van der Waals surface area contributed by atoms with E-state index in [-0.39, 0.29) is 17.5 Å². The largest absolute Gasteiger partial charge is 0.507 e. The summed E-state index contributed by atoms with van der Waals surface area (Å²) in [6, 6.07) is 14.9. The highest BCUT2D eigenvalue weighted by Gasteiger charge is 2.34. The number of nitrogens with zero attached hydrogens (tertiary/aromatic N) is 1. The van der Waals surface area contributed by atoms with Crippen LogP contribution in [0.4, 0.5) is 11.4 Å². The molecule has 1 heterocycles. The van der Waals surface area contributed by atoms with E-state index in [0.29, 0.717) is 30.9 Å². The Kier molecular flexibility index (Phi) is 8.33. The Morgan fingerprint density at radius 1 is 1.05 bits per heavy atom. The van der Waals surface area contributed by atoms with Gasteiger partial charge in [-0.05, 0) is 106 Å². The summed E-state index contributed by atoms with van der Waals surface area (Å²) in [7, 11) is 0. The van der Waals surface area contributed by atoms with Gasteiger partial charge in [-0.3, -0.25) is 4.79 Å². The average Bonchev–Trinajstić information content (AvgIpc) is 2.91. The molecule has 6 N–H and O–H groups in total. The lowest BCUT2D eigenvalue weighted by atomic mass is 9.86. The second-order valence-corrected chi connectivity index (χ2v) is 10.5. The number of hydrogen-bond acceptors (Lipinski definition) is 5. The van der Waals surface area contributed by atoms with Gasteiger partial charge in [0.1, 0.15) is 22.8 Å². The van der Waals surface area contributed by atoms with E-state index in [1.165, 1.54) is 0 Å². The highest BCUT2D eigenvalue weighted by Crippen LogP contribution is 2.44. The fraction of sp³-hybridized carbons (Fsp3) is 0.355. The van der Waals surface area contributed by atoms with E-state index in [9.17, 15) is 9.90 Å². The summed E-state index contributed by atoms with van der Waals surface area (Å²) in [6.45, 7) is 8.51. The molecule has 0 saturated heterocycles. The molecule has 0 bridgehead atoms. The van der Waals surface area contributed by atoms with Crippen molar-refractivity contribution in [3.63, 3.8) is 0 Å². The van der Waals surface area contributed by atoms with Gasteiger partial charge >= 0.3 is 0 Å². The lowest BCUT2D eigenvalue weighted by molar-refractivity contribution is -0.116. The van der Waals surface area contributed by atoms with Crippen molar-refractivity contribution in [3.8, 4) is 17.2 Å². The average molecular weight is 531 g/mol. The summed E-state index contributed by atoms with van der Waals surface area (Å²) in [4.78, 5) is 16.4. The van der Waals surface area contributed by atoms with Gasteiger partial charge in [-0.15, -0.1) is 0 Å². The minimum absolute atomic E-state index is 0.0139. The zero-order chi connectivity index (χ0) is 28.2. The normalized spacial score (nSPS) is 16.1. The van der Waals surface area contributed by atoms with Gasteiger partial charge in [0.25, 0.3) is 0 Å². The van der Waals surface area contributed by atoms with E-state index >= 15 is 0 Å². The van der Waals surface area contributed by atoms with Gasteiger partial charge in [-0.2, -0.15) is 0 Å². The maximum atomic E-state index is 12.4. The number of benzene rings is 3. The van der Waals surface area contributed by atoms with Crippen LogP contribution in [0, 0.1) is 20.8 Å². The van der Waals surface area contributed by atoms with Crippen LogP contribution in [0.15, 0.2) is 53.5 Å². The fourth-order valence-corrected chi connectivity index (χ4v) is 4.86. The molecular weight excluding hydrogens is 492 g/mol. The number of aromatic hydroxyl groups is 1. The molecule has 4 rings (SSSR count). The van der Waals surface area contributed by atoms with Gasteiger partial charge in [-0.1, -0.05) is 12.1 Å². The van der Waals surface area contributed by atoms with E-state index in [1.54, 1.807) is 0 Å². The molecule has 0 spiro atoms. The van der Waals surface area contributed by atoms with Crippen molar-refractivity contribution in [2.75, 3.05) is 11.9 Å². The maximum absolute atomic E-state index is 12.4. The number of amides is 1. The maximum Gasteiger partial charge on any atom is 0.224 e. The van der Waals surface area contributed by atoms with E-state index in [1.807, 2.05) is 69.3 Å². The minimum Gasteiger partial charge on any atom is -0.507 e. The molecule has 8 heteroatoms. The zero-order valence-electron chi connectivity index (χ0n) is 23.1. The van der Waals surface area contributed by atoms with Crippen LogP contribution in [0.1, 0.15) is 54.0 Å². The first-order chi connectivity index (χ1) is 18.5. The number of rotatable bonds is 9. The molecule has 8 nitrogen and oxygen atoms in total. The van der Waals surface area contributed by atoms with Crippen molar-refractivity contribution in [2.45, 2.75) is 65.4 Å². The van der Waals surface area contributed by atoms with Crippen LogP contribution in [0.25, 0.3) is 0 Å². The molecule has 0 saturated carbocycles. The van der Waals surface area contributed by atoms with Gasteiger partial charge in [0, 0.05) is 24.1 Å². The third-order valence-corrected chi connectivity index (χ3v) is 7.47. The highest BCUT2D eigenvalue weighted by molar-refractivity contribution is 5.90. The standard InChI is InChI=1S/C31H38N4O4/c1-19-20(2)29-26(21(3)28(19)37)15-16-31(4,39-29)17-18-38-25-12-10-23(11-13-25)34-27(36)14-7-22-5-8-24(9-6-22)35-30(32)33/h5-6,8-13,37H,7,14-18H2,1-4H3,(H,34,36)(H4,32,33,35). The monoisotopic (exact) mass is 530 g/mol. The second-order valence-electron chi connectivity index (χ2n) is 10.5. The predicted octanol–water partition coefficient (Wildman–Crippen LogP) is 5.35. The molecule has 1 aliphatic rings. The number of anilines is 1. The molecular formula is C31H38N4O4. The minimum atomic E-state index is -0.340. The van der Waals surface area contributed by atoms with E-state index in [4.69, 9.17) is 20.9 Å². The number of nitrogens with two attached hydrogens (primary N) is 2. The lowest BCUT2D eigenvalue weighted by Crippen LogP contribution is -2.38. The Balaban J connectivity index is 1.24. The topological polar surface area (TPSA) is 132 Å². The molecule has 3 aromatic rings. The highest BCUT2D eigenvalue weighted by atomic mass is 16.5. The van der Waals surface area contributed by atoms with Crippen LogP contribution < -0.4 is 26.3 Å². The molecule has 3 aromatic carbocycles. The molecule has 0 aromatic heterocycles. The number of nitrogens with one attached hydrogen (secondary N) is 1. The van der Waals surface area contributed by atoms with Crippen molar-refractivity contribution in [1.29, 1.82) is 0 Å². The van der Waals surface area contributed by atoms with Crippen LogP contribution in [0.2, 0.25) is 0 Å². The van der Waals surface area contributed by atoms with Crippen LogP contribution >= 0.6 is 0 Å². The number of phenols is 1. The SMILES string of the molecule is Cc1c(C)c2c(c(C)c1O)CCC(C)(CCOc1ccc(NC(=O)CCc3ccc(N=C(N)N)cc3)cc1)O2. The number of ether oxygens (including phenoxy) is 2. The Bertz CT molecular complexity index is 1360. The first-order valence-corrected chi connectivity index (χ1v) is 13.3. The van der Waals surface area contributed by atoms with Crippen molar-refractivity contribution in [1.82, 2.24) is 0 Å². The Hall–Kier alpha value is -4.20. The molecule has 206 valence electrons. The number of carbonyl (C=O) groups excluding carboxylic acids is 1. The molecule has 1 atom stereocenters. The third kappa shape index (κ3) is 6.82. The Labute approximate surface area is 230 Å². The molecule has 1 aliphatic heterocycles. The number of phenolic OH excluding ortho intramolecular Hbond substituents is 1. The van der Waals surface area contributed by atoms with Crippen molar-refractivity contribution in [2.24, 2.45) is 16.5 Å². The molecule has 1 amide bonds. The molecule has 1 unspecified atom stereocenters. The molecule has 0 radical (unpaired) electrons. The summed E-state index contributed by atoms with van der Waals surface area (Å²) in [5.74, 6) is 1.96. The fourth-order valence-electron chi connectivity index (χ4n) is 4.86. The number of aryl methyl sites for hydroxylation is 1. The van der Waals surface area contributed by atoms with Gasteiger partial charge < -0.3 is 31.4 Å². The number of hydrogen-bond donors (Lipinski definition) is 4. The van der Waals surface area contributed by atoms with Crippen molar-refractivity contribution in [3.05, 3.63) is 76.3 Å². The molecule has 0 aliphatic carbocycles. The van der Waals surface area contributed by atoms with Crippen LogP contribution in [-0.2, 0) is 17.6 Å². The van der Waals surface area contributed by atoms with Crippen LogP contribution in [-0.4, -0.2) is 29.2 Å². The Morgan fingerprint density at radius 2 is 1.74 bits per heavy atom. The quantitative estimate of drug-likeness (QED) is 0.218. The van der Waals surface area contributed by atoms with Crippen molar-refractivity contribution >= 4 is 23.2 Å². The molecule has 39 heavy (non-hydrogen) atoms. The van der Waals surface area contributed by atoms with Gasteiger partial charge in [0.05, 0.1) is 12.3 Å². The van der Waals surface area contributed by atoms with E-state index in [2.05, 4.69) is 17.2 Å². The van der Waals surface area contributed by atoms with Gasteiger partial charge in [0.2, 0.25) is 5.91 Å². The Morgan fingerprint density at radius 3 is 2.41 bits per heavy atom. The summed E-state index contributed by atoms with van der Waals surface area (Å²) >= 11 is 0. The zero-order valence-corrected chi connectivity index (χ0v) is 23.1.